The van der Waals surface area contributed by atoms with Crippen molar-refractivity contribution in [2.45, 2.75) is 0 Å². The van der Waals surface area contributed by atoms with Crippen molar-refractivity contribution in [2.75, 3.05) is 12.4 Å². The van der Waals surface area contributed by atoms with Crippen molar-refractivity contribution >= 4 is 28.7 Å². The van der Waals surface area contributed by atoms with E-state index in [2.05, 4.69) is 15.7 Å². The Morgan fingerprint density at radius 3 is 2.67 bits per heavy atom. The lowest BCUT2D eigenvalue weighted by Crippen LogP contribution is -2.24. The molecule has 4 N–H and O–H groups in total. The standard InChI is InChI=1S/C13H14N4O/c1-15-13(18)17-12-5-4-10-6-9(8-16-14)2-3-11(10)7-12/h2-8H,14H2,1H3,(H2,15,17,18). The van der Waals surface area contributed by atoms with Crippen LogP contribution < -0.4 is 16.5 Å². The zero-order chi connectivity index (χ0) is 13.0. The average molecular weight is 242 g/mol. The first-order valence-corrected chi connectivity index (χ1v) is 5.49. The molecule has 0 spiro atoms. The van der Waals surface area contributed by atoms with Gasteiger partial charge in [-0.15, -0.1) is 0 Å². The van der Waals surface area contributed by atoms with Gasteiger partial charge in [0.05, 0.1) is 6.21 Å². The second kappa shape index (κ2) is 5.18. The first kappa shape index (κ1) is 11.9. The number of rotatable bonds is 2. The summed E-state index contributed by atoms with van der Waals surface area (Å²) in [5, 5.41) is 10.8. The van der Waals surface area contributed by atoms with Gasteiger partial charge in [-0.1, -0.05) is 18.2 Å². The first-order valence-electron chi connectivity index (χ1n) is 5.49. The van der Waals surface area contributed by atoms with E-state index >= 15 is 0 Å². The molecule has 0 unspecified atom stereocenters. The molecular weight excluding hydrogens is 228 g/mol. The molecule has 2 amide bonds. The summed E-state index contributed by atoms with van der Waals surface area (Å²) in [5.74, 6) is 5.11. The lowest BCUT2D eigenvalue weighted by Gasteiger charge is -2.06. The lowest BCUT2D eigenvalue weighted by atomic mass is 10.1. The van der Waals surface area contributed by atoms with Crippen molar-refractivity contribution in [1.82, 2.24) is 5.32 Å². The van der Waals surface area contributed by atoms with Gasteiger partial charge in [0.1, 0.15) is 0 Å². The van der Waals surface area contributed by atoms with Crippen LogP contribution in [0.4, 0.5) is 10.5 Å². The molecule has 2 aromatic rings. The highest BCUT2D eigenvalue weighted by Crippen LogP contribution is 2.20. The highest BCUT2D eigenvalue weighted by atomic mass is 16.2. The normalized spacial score (nSPS) is 10.7. The van der Waals surface area contributed by atoms with Gasteiger partial charge in [0, 0.05) is 12.7 Å². The van der Waals surface area contributed by atoms with Crippen LogP contribution in [0.5, 0.6) is 0 Å². The Morgan fingerprint density at radius 1 is 1.22 bits per heavy atom. The van der Waals surface area contributed by atoms with Crippen LogP contribution in [0.25, 0.3) is 10.8 Å². The van der Waals surface area contributed by atoms with E-state index in [1.165, 1.54) is 0 Å². The topological polar surface area (TPSA) is 79.5 Å². The van der Waals surface area contributed by atoms with Gasteiger partial charge in [0.25, 0.3) is 0 Å². The number of benzene rings is 2. The minimum atomic E-state index is -0.235. The van der Waals surface area contributed by atoms with Crippen molar-refractivity contribution in [3.63, 3.8) is 0 Å². The number of amides is 2. The molecule has 0 saturated carbocycles. The molecule has 0 aliphatic rings. The monoisotopic (exact) mass is 242 g/mol. The maximum absolute atomic E-state index is 11.2. The summed E-state index contributed by atoms with van der Waals surface area (Å²) < 4.78 is 0. The predicted octanol–water partition coefficient (Wildman–Crippen LogP) is 1.88. The van der Waals surface area contributed by atoms with Crippen LogP contribution in [0.2, 0.25) is 0 Å². The van der Waals surface area contributed by atoms with Crippen molar-refractivity contribution in [2.24, 2.45) is 10.9 Å². The number of hydrogen-bond acceptors (Lipinski definition) is 3. The van der Waals surface area contributed by atoms with Gasteiger partial charge in [0.2, 0.25) is 0 Å². The Balaban J connectivity index is 2.35. The molecule has 0 aliphatic carbocycles. The van der Waals surface area contributed by atoms with Crippen LogP contribution >= 0.6 is 0 Å². The number of carbonyl (C=O) groups excluding carboxylic acids is 1. The summed E-state index contributed by atoms with van der Waals surface area (Å²) in [5.41, 5.74) is 1.69. The van der Waals surface area contributed by atoms with E-state index in [1.54, 1.807) is 13.3 Å². The van der Waals surface area contributed by atoms with Gasteiger partial charge in [0.15, 0.2) is 0 Å². The van der Waals surface area contributed by atoms with Crippen LogP contribution in [0, 0.1) is 0 Å². The number of fused-ring (bicyclic) bond motifs is 1. The summed E-state index contributed by atoms with van der Waals surface area (Å²) in [6.07, 6.45) is 1.59. The minimum Gasteiger partial charge on any atom is -0.341 e. The Bertz CT molecular complexity index is 607. The molecule has 92 valence electrons. The fourth-order valence-corrected chi connectivity index (χ4v) is 1.70. The van der Waals surface area contributed by atoms with Gasteiger partial charge < -0.3 is 16.5 Å². The zero-order valence-electron chi connectivity index (χ0n) is 9.97. The Labute approximate surface area is 105 Å². The molecular formula is C13H14N4O. The summed E-state index contributed by atoms with van der Waals surface area (Å²) in [6.45, 7) is 0. The second-order valence-corrected chi connectivity index (χ2v) is 3.80. The van der Waals surface area contributed by atoms with E-state index in [9.17, 15) is 4.79 Å². The number of carbonyl (C=O) groups is 1. The highest BCUT2D eigenvalue weighted by molar-refractivity contribution is 5.95. The summed E-state index contributed by atoms with van der Waals surface area (Å²) >= 11 is 0. The lowest BCUT2D eigenvalue weighted by molar-refractivity contribution is 0.254. The van der Waals surface area contributed by atoms with Crippen LogP contribution in [-0.2, 0) is 0 Å². The van der Waals surface area contributed by atoms with Crippen LogP contribution in [0.1, 0.15) is 5.56 Å². The van der Waals surface area contributed by atoms with Crippen LogP contribution in [0.15, 0.2) is 41.5 Å². The van der Waals surface area contributed by atoms with E-state index in [1.807, 2.05) is 36.4 Å². The maximum Gasteiger partial charge on any atom is 0.318 e. The third-order valence-corrected chi connectivity index (χ3v) is 2.57. The minimum absolute atomic E-state index is 0.235. The number of urea groups is 1. The predicted molar refractivity (Wildman–Crippen MR) is 73.8 cm³/mol. The SMILES string of the molecule is CNC(=O)Nc1ccc2cc(C=NN)ccc2c1. The quantitative estimate of drug-likeness (QED) is 0.427. The van der Waals surface area contributed by atoms with E-state index in [-0.39, 0.29) is 6.03 Å². The van der Waals surface area contributed by atoms with E-state index in [4.69, 9.17) is 5.84 Å². The molecule has 0 bridgehead atoms. The molecule has 2 rings (SSSR count). The summed E-state index contributed by atoms with van der Waals surface area (Å²) in [4.78, 5) is 11.2. The molecule has 5 nitrogen and oxygen atoms in total. The average Bonchev–Trinajstić information content (AvgIpc) is 2.39. The van der Waals surface area contributed by atoms with Gasteiger partial charge in [-0.05, 0) is 34.5 Å². The largest absolute Gasteiger partial charge is 0.341 e. The van der Waals surface area contributed by atoms with Crippen molar-refractivity contribution in [1.29, 1.82) is 0 Å². The summed E-state index contributed by atoms with van der Waals surface area (Å²) in [7, 11) is 1.58. The zero-order valence-corrected chi connectivity index (χ0v) is 9.97. The number of hydrogen-bond donors (Lipinski definition) is 3. The number of nitrogens with two attached hydrogens (primary N) is 1. The number of hydrazone groups is 1. The third kappa shape index (κ3) is 2.57. The molecule has 2 aromatic carbocycles. The van der Waals surface area contributed by atoms with Crippen LogP contribution in [-0.4, -0.2) is 19.3 Å². The summed E-state index contributed by atoms with van der Waals surface area (Å²) in [6, 6.07) is 11.3. The van der Waals surface area contributed by atoms with E-state index in [0.29, 0.717) is 0 Å². The fraction of sp³-hybridized carbons (Fsp3) is 0.0769. The molecule has 0 aliphatic heterocycles. The van der Waals surface area contributed by atoms with Crippen LogP contribution in [0.3, 0.4) is 0 Å². The number of anilines is 1. The molecule has 0 fully saturated rings. The Hall–Kier alpha value is -2.56. The van der Waals surface area contributed by atoms with Gasteiger partial charge in [-0.3, -0.25) is 0 Å². The third-order valence-electron chi connectivity index (χ3n) is 2.57. The molecule has 0 heterocycles. The van der Waals surface area contributed by atoms with Gasteiger partial charge in [-0.2, -0.15) is 5.10 Å². The molecule has 0 radical (unpaired) electrons. The number of nitrogens with one attached hydrogen (secondary N) is 2. The van der Waals surface area contributed by atoms with Crippen molar-refractivity contribution in [3.8, 4) is 0 Å². The molecule has 0 aromatic heterocycles. The molecule has 0 saturated heterocycles. The molecule has 0 atom stereocenters. The number of nitrogens with zero attached hydrogens (tertiary/aromatic N) is 1. The van der Waals surface area contributed by atoms with E-state index < -0.39 is 0 Å². The highest BCUT2D eigenvalue weighted by Gasteiger charge is 2.00. The molecule has 18 heavy (non-hydrogen) atoms. The fourth-order valence-electron chi connectivity index (χ4n) is 1.70. The maximum atomic E-state index is 11.2. The van der Waals surface area contributed by atoms with Gasteiger partial charge >= 0.3 is 6.03 Å². The van der Waals surface area contributed by atoms with E-state index in [0.717, 1.165) is 22.0 Å². The van der Waals surface area contributed by atoms with Crippen molar-refractivity contribution < 1.29 is 4.79 Å². The first-order chi connectivity index (χ1) is 8.72. The Kier molecular flexibility index (Phi) is 3.43. The molecule has 5 heteroatoms. The van der Waals surface area contributed by atoms with Crippen molar-refractivity contribution in [3.05, 3.63) is 42.0 Å². The smallest absolute Gasteiger partial charge is 0.318 e. The second-order valence-electron chi connectivity index (χ2n) is 3.80. The van der Waals surface area contributed by atoms with Gasteiger partial charge in [-0.25, -0.2) is 4.79 Å². The Morgan fingerprint density at radius 2 is 1.94 bits per heavy atom.